The molecular formula is C22H18Cl2N4Ti-2. The first-order valence-electron chi connectivity index (χ1n) is 8.61. The van der Waals surface area contributed by atoms with Gasteiger partial charge in [-0.3, -0.25) is 9.98 Å². The molecular weight excluding hydrogens is 439 g/mol. The maximum absolute atomic E-state index is 4.89. The van der Waals surface area contributed by atoms with Crippen LogP contribution in [0.15, 0.2) is 107 Å². The molecule has 0 atom stereocenters. The first kappa shape index (κ1) is 22.9. The van der Waals surface area contributed by atoms with E-state index in [0.29, 0.717) is 0 Å². The van der Waals surface area contributed by atoms with Crippen LogP contribution in [-0.2, 0) is 17.0 Å². The molecule has 0 amide bonds. The summed E-state index contributed by atoms with van der Waals surface area (Å²) < 4.78 is 0. The maximum atomic E-state index is 4.89. The van der Waals surface area contributed by atoms with Crippen molar-refractivity contribution in [3.05, 3.63) is 109 Å². The van der Waals surface area contributed by atoms with Gasteiger partial charge in [0.1, 0.15) is 0 Å². The Labute approximate surface area is 187 Å². The van der Waals surface area contributed by atoms with Gasteiger partial charge < -0.3 is 9.97 Å². The van der Waals surface area contributed by atoms with Crippen molar-refractivity contribution in [1.82, 2.24) is 9.97 Å². The molecule has 0 bridgehead atoms. The minimum atomic E-state index is -0.556. The fourth-order valence-corrected chi connectivity index (χ4v) is 2.09. The van der Waals surface area contributed by atoms with Crippen LogP contribution in [0, 0.1) is 0 Å². The van der Waals surface area contributed by atoms with Crippen LogP contribution in [0.4, 0.5) is 11.4 Å². The third-order valence-electron chi connectivity index (χ3n) is 3.36. The molecule has 29 heavy (non-hydrogen) atoms. The Morgan fingerprint density at radius 2 is 0.966 bits per heavy atom. The Balaban J connectivity index is 0.000000183. The monoisotopic (exact) mass is 456 g/mol. The fraction of sp³-hybridized carbons (Fsp3) is 0. The molecule has 0 radical (unpaired) electrons. The van der Waals surface area contributed by atoms with Crippen molar-refractivity contribution in [2.45, 2.75) is 0 Å². The summed E-state index contributed by atoms with van der Waals surface area (Å²) in [6.07, 6.45) is 7.03. The number of nitrogens with zero attached hydrogens (tertiary/aromatic N) is 4. The predicted molar refractivity (Wildman–Crippen MR) is 119 cm³/mol. The van der Waals surface area contributed by atoms with E-state index in [1.165, 1.54) is 0 Å². The quantitative estimate of drug-likeness (QED) is 0.272. The van der Waals surface area contributed by atoms with Crippen molar-refractivity contribution in [2.75, 3.05) is 0 Å². The van der Waals surface area contributed by atoms with Crippen molar-refractivity contribution < 1.29 is 17.0 Å². The molecule has 2 aromatic carbocycles. The van der Waals surface area contributed by atoms with Gasteiger partial charge in [-0.15, -0.1) is 11.4 Å². The molecule has 2 heterocycles. The second-order valence-corrected chi connectivity index (χ2v) is 7.96. The Kier molecular flexibility index (Phi) is 11.5. The number of rotatable bonds is 4. The molecule has 0 unspecified atom stereocenters. The fourth-order valence-electron chi connectivity index (χ4n) is 2.09. The van der Waals surface area contributed by atoms with Gasteiger partial charge in [0.05, 0.1) is 11.4 Å². The van der Waals surface area contributed by atoms with Gasteiger partial charge in [-0.2, -0.15) is 12.4 Å². The number of para-hydroxylation sites is 2. The molecule has 0 fully saturated rings. The summed E-state index contributed by atoms with van der Waals surface area (Å²) in [6.45, 7) is 0. The summed E-state index contributed by atoms with van der Waals surface area (Å²) >= 11 is -0.556. The molecule has 0 aliphatic rings. The van der Waals surface area contributed by atoms with E-state index in [1.807, 2.05) is 84.9 Å². The van der Waals surface area contributed by atoms with E-state index < -0.39 is 17.0 Å². The van der Waals surface area contributed by atoms with E-state index in [4.69, 9.17) is 18.6 Å². The van der Waals surface area contributed by atoms with Gasteiger partial charge in [0.15, 0.2) is 0 Å². The van der Waals surface area contributed by atoms with Crippen LogP contribution in [0.3, 0.4) is 0 Å². The Hall–Kier alpha value is -2.37. The number of halogens is 2. The standard InChI is InChI=1S/2C11H9N2.2ClH.Ti/c2*1-2-5-10(6-3-1)13-9-11-7-4-8-12-11;;;/h2*1-9H;2*1H;/q2*-1;;;+2/p-2. The first-order valence-corrected chi connectivity index (χ1v) is 12.9. The van der Waals surface area contributed by atoms with Crippen LogP contribution < -0.4 is 9.97 Å². The molecule has 146 valence electrons. The number of hydrogen-bond donors (Lipinski definition) is 0. The van der Waals surface area contributed by atoms with Crippen molar-refractivity contribution in [3.8, 4) is 0 Å². The Morgan fingerprint density at radius 3 is 1.28 bits per heavy atom. The van der Waals surface area contributed by atoms with Crippen LogP contribution >= 0.6 is 18.6 Å². The van der Waals surface area contributed by atoms with Gasteiger partial charge in [0.2, 0.25) is 0 Å². The summed E-state index contributed by atoms with van der Waals surface area (Å²) in [5.74, 6) is 0. The summed E-state index contributed by atoms with van der Waals surface area (Å²) in [7, 11) is 9.78. The summed E-state index contributed by atoms with van der Waals surface area (Å²) in [5, 5.41) is 0. The zero-order valence-corrected chi connectivity index (χ0v) is 18.5. The topological polar surface area (TPSA) is 52.9 Å². The summed E-state index contributed by atoms with van der Waals surface area (Å²) in [6, 6.07) is 27.3. The Bertz CT molecular complexity index is 859. The van der Waals surface area contributed by atoms with Crippen LogP contribution in [-0.4, -0.2) is 12.4 Å². The molecule has 0 aliphatic carbocycles. The average molecular weight is 457 g/mol. The molecule has 0 saturated heterocycles. The van der Waals surface area contributed by atoms with Gasteiger partial charge >= 0.3 is 35.6 Å². The van der Waals surface area contributed by atoms with Gasteiger partial charge in [-0.05, 0) is 24.3 Å². The van der Waals surface area contributed by atoms with E-state index >= 15 is 0 Å². The normalized spacial score (nSPS) is 10.1. The van der Waals surface area contributed by atoms with E-state index in [1.54, 1.807) is 24.8 Å². The van der Waals surface area contributed by atoms with Crippen LogP contribution in [0.25, 0.3) is 0 Å². The third kappa shape index (κ3) is 10.1. The molecule has 0 spiro atoms. The van der Waals surface area contributed by atoms with Gasteiger partial charge in [0.25, 0.3) is 0 Å². The van der Waals surface area contributed by atoms with Crippen molar-refractivity contribution in [3.63, 3.8) is 0 Å². The Morgan fingerprint density at radius 1 is 0.586 bits per heavy atom. The predicted octanol–water partition coefficient (Wildman–Crippen LogP) is 6.17. The van der Waals surface area contributed by atoms with E-state index in [-0.39, 0.29) is 0 Å². The first-order chi connectivity index (χ1) is 14.3. The van der Waals surface area contributed by atoms with Crippen molar-refractivity contribution in [2.24, 2.45) is 9.98 Å². The van der Waals surface area contributed by atoms with Gasteiger partial charge in [-0.25, -0.2) is 0 Å². The second kappa shape index (κ2) is 14.6. The molecule has 0 aliphatic heterocycles. The number of aromatic nitrogens is 2. The molecule has 4 rings (SSSR count). The summed E-state index contributed by atoms with van der Waals surface area (Å²) in [4.78, 5) is 16.7. The zero-order chi connectivity index (χ0) is 20.6. The second-order valence-electron chi connectivity index (χ2n) is 5.38. The van der Waals surface area contributed by atoms with E-state index in [9.17, 15) is 0 Å². The van der Waals surface area contributed by atoms with Crippen LogP contribution in [0.2, 0.25) is 0 Å². The molecule has 0 saturated carbocycles. The van der Waals surface area contributed by atoms with E-state index in [0.717, 1.165) is 22.8 Å². The molecule has 2 aromatic heterocycles. The average Bonchev–Trinajstić information content (AvgIpc) is 3.48. The van der Waals surface area contributed by atoms with Crippen LogP contribution in [0.5, 0.6) is 0 Å². The SMILES string of the molecule is C(=Nc1ccccc1)c1ccc[n-]1.C(=Nc1ccccc1)c1ccc[n-]1.[Cl][Ti][Cl]. The van der Waals surface area contributed by atoms with Gasteiger partial charge in [0, 0.05) is 12.4 Å². The van der Waals surface area contributed by atoms with Crippen LogP contribution in [0.1, 0.15) is 11.4 Å². The molecule has 4 aromatic rings. The van der Waals surface area contributed by atoms with Gasteiger partial charge in [-0.1, -0.05) is 60.7 Å². The summed E-state index contributed by atoms with van der Waals surface area (Å²) in [5.41, 5.74) is 3.68. The number of hydrogen-bond acceptors (Lipinski definition) is 2. The molecule has 4 nitrogen and oxygen atoms in total. The molecule has 0 N–H and O–H groups in total. The number of aliphatic imine (C=N–C) groups is 2. The van der Waals surface area contributed by atoms with Crippen molar-refractivity contribution in [1.29, 1.82) is 0 Å². The van der Waals surface area contributed by atoms with Crippen molar-refractivity contribution >= 4 is 42.4 Å². The molecule has 7 heteroatoms. The minimum absolute atomic E-state index is 0.556. The zero-order valence-electron chi connectivity index (χ0n) is 15.4. The van der Waals surface area contributed by atoms with E-state index in [2.05, 4.69) is 20.0 Å². The number of benzene rings is 2. The third-order valence-corrected chi connectivity index (χ3v) is 3.36.